The van der Waals surface area contributed by atoms with E-state index in [1.54, 1.807) is 0 Å². The Hall–Kier alpha value is -2.10. The Balaban J connectivity index is 1.62. The van der Waals surface area contributed by atoms with Crippen molar-refractivity contribution in [1.82, 2.24) is 15.1 Å². The Kier molecular flexibility index (Phi) is 4.98. The molecule has 0 aliphatic heterocycles. The van der Waals surface area contributed by atoms with Gasteiger partial charge in [0.05, 0.1) is 17.8 Å². The molecule has 1 aliphatic rings. The lowest BCUT2D eigenvalue weighted by Gasteiger charge is -2.18. The molecular weight excluding hydrogens is 310 g/mol. The lowest BCUT2D eigenvalue weighted by atomic mass is 10.0. The molecule has 0 spiro atoms. The third kappa shape index (κ3) is 3.63. The van der Waals surface area contributed by atoms with Crippen LogP contribution in [0, 0.1) is 20.8 Å². The molecule has 2 unspecified atom stereocenters. The predicted octanol–water partition coefficient (Wildman–Crippen LogP) is 4.13. The van der Waals surface area contributed by atoms with E-state index in [2.05, 4.69) is 56.3 Å². The first-order chi connectivity index (χ1) is 11.9. The highest BCUT2D eigenvalue weighted by Gasteiger charge is 2.19. The molecule has 1 heterocycles. The van der Waals surface area contributed by atoms with Crippen LogP contribution < -0.4 is 5.32 Å². The normalized spacial score (nSPS) is 15.7. The van der Waals surface area contributed by atoms with Gasteiger partial charge in [0.25, 0.3) is 0 Å². The Morgan fingerprint density at radius 1 is 1.20 bits per heavy atom. The van der Waals surface area contributed by atoms with Gasteiger partial charge in [-0.25, -0.2) is 0 Å². The number of carbonyl (C=O) groups excluding carboxylic acids is 1. The van der Waals surface area contributed by atoms with Gasteiger partial charge in [-0.1, -0.05) is 18.2 Å². The maximum Gasteiger partial charge on any atom is 0.222 e. The van der Waals surface area contributed by atoms with Crippen molar-refractivity contribution in [3.05, 3.63) is 51.8 Å². The molecule has 0 radical (unpaired) electrons. The highest BCUT2D eigenvalue weighted by molar-refractivity contribution is 5.76. The van der Waals surface area contributed by atoms with E-state index in [0.717, 1.165) is 17.8 Å². The Morgan fingerprint density at radius 3 is 2.60 bits per heavy atom. The predicted molar refractivity (Wildman–Crippen MR) is 101 cm³/mol. The maximum absolute atomic E-state index is 12.5. The summed E-state index contributed by atoms with van der Waals surface area (Å²) in [5, 5.41) is 7.72. The first-order valence-electron chi connectivity index (χ1n) is 9.30. The molecule has 4 nitrogen and oxygen atoms in total. The molecule has 1 aliphatic carbocycles. The van der Waals surface area contributed by atoms with Crippen LogP contribution in [0.2, 0.25) is 0 Å². The monoisotopic (exact) mass is 339 g/mol. The first-order valence-corrected chi connectivity index (χ1v) is 9.30. The fourth-order valence-electron chi connectivity index (χ4n) is 3.77. The molecule has 0 fully saturated rings. The van der Waals surface area contributed by atoms with E-state index in [0.29, 0.717) is 6.42 Å². The second-order valence-corrected chi connectivity index (χ2v) is 7.46. The van der Waals surface area contributed by atoms with Crippen LogP contribution >= 0.6 is 0 Å². The van der Waals surface area contributed by atoms with Gasteiger partial charge in [0.2, 0.25) is 5.91 Å². The lowest BCUT2D eigenvalue weighted by Crippen LogP contribution is -2.29. The van der Waals surface area contributed by atoms with Gasteiger partial charge in [-0.3, -0.25) is 9.48 Å². The molecule has 3 rings (SSSR count). The van der Waals surface area contributed by atoms with E-state index in [-0.39, 0.29) is 18.0 Å². The van der Waals surface area contributed by atoms with E-state index >= 15 is 0 Å². The quantitative estimate of drug-likeness (QED) is 0.890. The minimum Gasteiger partial charge on any atom is -0.350 e. The van der Waals surface area contributed by atoms with Crippen molar-refractivity contribution in [2.45, 2.75) is 72.4 Å². The summed E-state index contributed by atoms with van der Waals surface area (Å²) >= 11 is 0. The van der Waals surface area contributed by atoms with Crippen LogP contribution in [0.4, 0.5) is 0 Å². The third-order valence-electron chi connectivity index (χ3n) is 5.59. The largest absolute Gasteiger partial charge is 0.350 e. The minimum absolute atomic E-state index is 0.0350. The van der Waals surface area contributed by atoms with E-state index in [4.69, 9.17) is 0 Å². The molecule has 1 N–H and O–H groups in total. The highest BCUT2D eigenvalue weighted by Crippen LogP contribution is 2.25. The van der Waals surface area contributed by atoms with Crippen molar-refractivity contribution in [3.8, 4) is 0 Å². The van der Waals surface area contributed by atoms with Crippen LogP contribution in [-0.2, 0) is 17.6 Å². The van der Waals surface area contributed by atoms with Crippen molar-refractivity contribution < 1.29 is 4.79 Å². The van der Waals surface area contributed by atoms with Crippen molar-refractivity contribution in [3.63, 3.8) is 0 Å². The highest BCUT2D eigenvalue weighted by atomic mass is 16.1. The number of aromatic nitrogens is 2. The molecule has 0 bridgehead atoms. The minimum atomic E-state index is 0.0350. The van der Waals surface area contributed by atoms with E-state index in [9.17, 15) is 4.79 Å². The number of amides is 1. The number of hydrogen-bond donors (Lipinski definition) is 1. The molecule has 25 heavy (non-hydrogen) atoms. The van der Waals surface area contributed by atoms with Crippen molar-refractivity contribution in [2.75, 3.05) is 0 Å². The summed E-state index contributed by atoms with van der Waals surface area (Å²) in [6, 6.07) is 6.73. The molecule has 0 saturated heterocycles. The molecule has 1 aromatic heterocycles. The van der Waals surface area contributed by atoms with E-state index < -0.39 is 0 Å². The number of benzene rings is 1. The van der Waals surface area contributed by atoms with Gasteiger partial charge in [0, 0.05) is 12.1 Å². The van der Waals surface area contributed by atoms with Crippen LogP contribution in [0.1, 0.15) is 72.4 Å². The summed E-state index contributed by atoms with van der Waals surface area (Å²) in [5.41, 5.74) is 7.50. The van der Waals surface area contributed by atoms with Crippen LogP contribution in [0.25, 0.3) is 0 Å². The summed E-state index contributed by atoms with van der Waals surface area (Å²) < 4.78 is 1.98. The molecule has 134 valence electrons. The third-order valence-corrected chi connectivity index (χ3v) is 5.59. The van der Waals surface area contributed by atoms with Crippen LogP contribution in [0.15, 0.2) is 18.2 Å². The zero-order chi connectivity index (χ0) is 18.1. The van der Waals surface area contributed by atoms with E-state index in [1.165, 1.54) is 35.1 Å². The lowest BCUT2D eigenvalue weighted by molar-refractivity contribution is -0.122. The summed E-state index contributed by atoms with van der Waals surface area (Å²) in [6.07, 6.45) is 4.05. The second-order valence-electron chi connectivity index (χ2n) is 7.46. The summed E-state index contributed by atoms with van der Waals surface area (Å²) in [6.45, 7) is 10.3. The number of nitrogens with one attached hydrogen (secondary N) is 1. The zero-order valence-corrected chi connectivity index (χ0v) is 16.0. The van der Waals surface area contributed by atoms with Crippen molar-refractivity contribution >= 4 is 5.91 Å². The standard InChI is InChI=1S/C21H29N3O/c1-13(24-17(5)14(2)15(3)23-24)11-21(25)22-16(4)19-10-9-18-7-6-8-20(18)12-19/h9-10,12-13,16H,6-8,11H2,1-5H3,(H,22,25). The average molecular weight is 339 g/mol. The first kappa shape index (κ1) is 17.7. The fourth-order valence-corrected chi connectivity index (χ4v) is 3.77. The summed E-state index contributed by atoms with van der Waals surface area (Å²) in [5.74, 6) is 0.0747. The smallest absolute Gasteiger partial charge is 0.222 e. The fraction of sp³-hybridized carbons (Fsp3) is 0.524. The van der Waals surface area contributed by atoms with Crippen LogP contribution in [0.3, 0.4) is 0 Å². The topological polar surface area (TPSA) is 46.9 Å². The van der Waals surface area contributed by atoms with Crippen LogP contribution in [-0.4, -0.2) is 15.7 Å². The Morgan fingerprint density at radius 2 is 1.92 bits per heavy atom. The Labute approximate surface area is 150 Å². The molecular formula is C21H29N3O. The SMILES string of the molecule is Cc1nn(C(C)CC(=O)NC(C)c2ccc3c(c2)CCC3)c(C)c1C. The second kappa shape index (κ2) is 7.03. The number of aryl methyl sites for hydroxylation is 3. The van der Waals surface area contributed by atoms with Gasteiger partial charge in [-0.15, -0.1) is 0 Å². The molecule has 4 heteroatoms. The van der Waals surface area contributed by atoms with Gasteiger partial charge in [0.15, 0.2) is 0 Å². The molecule has 2 atom stereocenters. The van der Waals surface area contributed by atoms with Gasteiger partial charge < -0.3 is 5.32 Å². The van der Waals surface area contributed by atoms with Gasteiger partial charge in [0.1, 0.15) is 0 Å². The maximum atomic E-state index is 12.5. The molecule has 0 saturated carbocycles. The van der Waals surface area contributed by atoms with Crippen molar-refractivity contribution in [1.29, 1.82) is 0 Å². The number of rotatable bonds is 5. The van der Waals surface area contributed by atoms with E-state index in [1.807, 2.05) is 11.6 Å². The summed E-state index contributed by atoms with van der Waals surface area (Å²) in [7, 11) is 0. The molecule has 2 aromatic rings. The number of carbonyl (C=O) groups is 1. The van der Waals surface area contributed by atoms with Gasteiger partial charge in [-0.05, 0) is 76.1 Å². The zero-order valence-electron chi connectivity index (χ0n) is 16.0. The number of nitrogens with zero attached hydrogens (tertiary/aromatic N) is 2. The Bertz CT molecular complexity index is 791. The van der Waals surface area contributed by atoms with Crippen LogP contribution in [0.5, 0.6) is 0 Å². The van der Waals surface area contributed by atoms with Crippen molar-refractivity contribution in [2.24, 2.45) is 0 Å². The average Bonchev–Trinajstić information content (AvgIpc) is 3.14. The molecule has 1 amide bonds. The number of hydrogen-bond acceptors (Lipinski definition) is 2. The summed E-state index contributed by atoms with van der Waals surface area (Å²) in [4.78, 5) is 12.5. The number of fused-ring (bicyclic) bond motifs is 1. The molecule has 1 aromatic carbocycles. The van der Waals surface area contributed by atoms with Gasteiger partial charge in [-0.2, -0.15) is 5.10 Å². The van der Waals surface area contributed by atoms with Gasteiger partial charge >= 0.3 is 0 Å².